The maximum Gasteiger partial charge on any atom is 0.343 e. The second-order valence-corrected chi connectivity index (χ2v) is 7.52. The van der Waals surface area contributed by atoms with Gasteiger partial charge in [-0.25, -0.2) is 4.79 Å². The van der Waals surface area contributed by atoms with E-state index in [4.69, 9.17) is 16.3 Å². The summed E-state index contributed by atoms with van der Waals surface area (Å²) < 4.78 is 6.55. The number of nitro groups is 1. The van der Waals surface area contributed by atoms with E-state index in [0.717, 1.165) is 11.1 Å². The van der Waals surface area contributed by atoms with Crippen LogP contribution in [0.5, 0.6) is 0 Å². The van der Waals surface area contributed by atoms with E-state index >= 15 is 0 Å². The van der Waals surface area contributed by atoms with Crippen LogP contribution in [0.3, 0.4) is 0 Å². The smallest absolute Gasteiger partial charge is 0.343 e. The number of nitrogens with one attached hydrogen (secondary N) is 1. The zero-order chi connectivity index (χ0) is 21.9. The van der Waals surface area contributed by atoms with Crippen LogP contribution in [0.2, 0.25) is 5.15 Å². The number of benzene rings is 1. The van der Waals surface area contributed by atoms with Crippen LogP contribution in [0, 0.1) is 36.8 Å². The summed E-state index contributed by atoms with van der Waals surface area (Å²) in [5.74, 6) is -1.21. The third-order valence-corrected chi connectivity index (χ3v) is 4.61. The van der Waals surface area contributed by atoms with Gasteiger partial charge in [-0.1, -0.05) is 25.4 Å². The summed E-state index contributed by atoms with van der Waals surface area (Å²) in [5, 5.41) is 18.0. The second-order valence-electron chi connectivity index (χ2n) is 7.16. The van der Waals surface area contributed by atoms with E-state index in [0.29, 0.717) is 12.2 Å². The molecule has 1 heterocycles. The predicted molar refractivity (Wildman–Crippen MR) is 108 cm³/mol. The van der Waals surface area contributed by atoms with E-state index in [1.165, 1.54) is 16.8 Å². The number of amides is 1. The van der Waals surface area contributed by atoms with Crippen molar-refractivity contribution in [3.63, 3.8) is 0 Å². The molecule has 9 nitrogen and oxygen atoms in total. The van der Waals surface area contributed by atoms with Gasteiger partial charge in [-0.3, -0.25) is 19.6 Å². The molecule has 29 heavy (non-hydrogen) atoms. The summed E-state index contributed by atoms with van der Waals surface area (Å²) in [6, 6.07) is 2.88. The molecule has 0 aliphatic heterocycles. The van der Waals surface area contributed by atoms with Crippen LogP contribution in [0.25, 0.3) is 0 Å². The number of nitrogens with zero attached hydrogens (tertiary/aromatic N) is 3. The largest absolute Gasteiger partial charge is 0.452 e. The molecule has 0 saturated heterocycles. The van der Waals surface area contributed by atoms with E-state index in [1.807, 2.05) is 13.8 Å². The number of anilines is 1. The molecule has 10 heteroatoms. The Morgan fingerprint density at radius 1 is 1.28 bits per heavy atom. The molecule has 0 aliphatic carbocycles. The fourth-order valence-corrected chi connectivity index (χ4v) is 3.01. The first-order valence-electron chi connectivity index (χ1n) is 8.96. The lowest BCUT2D eigenvalue weighted by Crippen LogP contribution is -2.22. The number of hydrogen-bond donors (Lipinski definition) is 1. The standard InChI is InChI=1S/C19H23ClN4O5/c1-10(2)8-23-18(20)17(13(5)22-23)19(26)29-9-16(25)21-14-6-11(3)12(4)7-15(14)24(27)28/h6-7,10H,8-9H2,1-5H3,(H,21,25). The molecule has 1 amide bonds. The van der Waals surface area contributed by atoms with Crippen molar-refractivity contribution >= 4 is 34.9 Å². The highest BCUT2D eigenvalue weighted by molar-refractivity contribution is 6.32. The minimum Gasteiger partial charge on any atom is -0.452 e. The number of nitro benzene ring substituents is 1. The van der Waals surface area contributed by atoms with E-state index in [-0.39, 0.29) is 28.0 Å². The second kappa shape index (κ2) is 9.04. The minimum atomic E-state index is -0.785. The Kier molecular flexibility index (Phi) is 6.97. The van der Waals surface area contributed by atoms with Crippen molar-refractivity contribution in [1.82, 2.24) is 9.78 Å². The first kappa shape index (κ1) is 22.4. The van der Waals surface area contributed by atoms with Gasteiger partial charge in [-0.15, -0.1) is 0 Å². The fourth-order valence-electron chi connectivity index (χ4n) is 2.69. The molecule has 2 aromatic rings. The summed E-state index contributed by atoms with van der Waals surface area (Å²) >= 11 is 6.23. The third-order valence-electron chi connectivity index (χ3n) is 4.22. The van der Waals surface area contributed by atoms with Crippen molar-refractivity contribution in [2.75, 3.05) is 11.9 Å². The van der Waals surface area contributed by atoms with Gasteiger partial charge in [0.1, 0.15) is 16.4 Å². The van der Waals surface area contributed by atoms with Crippen LogP contribution < -0.4 is 5.32 Å². The average molecular weight is 423 g/mol. The zero-order valence-electron chi connectivity index (χ0n) is 16.9. The molecule has 0 saturated carbocycles. The van der Waals surface area contributed by atoms with Crippen LogP contribution in [0.15, 0.2) is 12.1 Å². The van der Waals surface area contributed by atoms with Crippen LogP contribution in [0.4, 0.5) is 11.4 Å². The van der Waals surface area contributed by atoms with Crippen LogP contribution in [-0.4, -0.2) is 33.2 Å². The average Bonchev–Trinajstić information content (AvgIpc) is 2.88. The van der Waals surface area contributed by atoms with Crippen molar-refractivity contribution in [3.05, 3.63) is 49.8 Å². The zero-order valence-corrected chi connectivity index (χ0v) is 17.7. The van der Waals surface area contributed by atoms with E-state index in [2.05, 4.69) is 10.4 Å². The van der Waals surface area contributed by atoms with Crippen molar-refractivity contribution in [1.29, 1.82) is 0 Å². The van der Waals surface area contributed by atoms with Crippen molar-refractivity contribution in [2.45, 2.75) is 41.2 Å². The third kappa shape index (κ3) is 5.32. The summed E-state index contributed by atoms with van der Waals surface area (Å²) in [7, 11) is 0. The number of ether oxygens (including phenoxy) is 1. The molecule has 0 unspecified atom stereocenters. The Morgan fingerprint density at radius 3 is 2.48 bits per heavy atom. The van der Waals surface area contributed by atoms with Crippen LogP contribution in [0.1, 0.15) is 41.0 Å². The number of aromatic nitrogens is 2. The Hall–Kier alpha value is -2.94. The maximum atomic E-state index is 12.4. The van der Waals surface area contributed by atoms with E-state index in [1.54, 1.807) is 20.8 Å². The Bertz CT molecular complexity index is 968. The highest BCUT2D eigenvalue weighted by Crippen LogP contribution is 2.28. The van der Waals surface area contributed by atoms with Crippen molar-refractivity contribution in [3.8, 4) is 0 Å². The number of halogens is 1. The van der Waals surface area contributed by atoms with E-state index in [9.17, 15) is 19.7 Å². The summed E-state index contributed by atoms with van der Waals surface area (Å²) in [5.41, 5.74) is 1.80. The summed E-state index contributed by atoms with van der Waals surface area (Å²) in [4.78, 5) is 35.2. The van der Waals surface area contributed by atoms with Gasteiger partial charge in [-0.05, 0) is 43.9 Å². The molecule has 2 rings (SSSR count). The summed E-state index contributed by atoms with van der Waals surface area (Å²) in [6.45, 7) is 9.02. The lowest BCUT2D eigenvalue weighted by atomic mass is 10.1. The summed E-state index contributed by atoms with van der Waals surface area (Å²) in [6.07, 6.45) is 0. The van der Waals surface area contributed by atoms with Crippen LogP contribution >= 0.6 is 11.6 Å². The Balaban J connectivity index is 2.09. The van der Waals surface area contributed by atoms with E-state index < -0.39 is 23.4 Å². The molecule has 0 spiro atoms. The maximum absolute atomic E-state index is 12.4. The fraction of sp³-hybridized carbons (Fsp3) is 0.421. The number of aryl methyl sites for hydroxylation is 3. The van der Waals surface area contributed by atoms with Gasteiger partial charge < -0.3 is 10.1 Å². The molecule has 1 N–H and O–H groups in total. The van der Waals surface area contributed by atoms with Gasteiger partial charge in [0, 0.05) is 12.6 Å². The number of rotatable bonds is 7. The minimum absolute atomic E-state index is 0.0399. The molecule has 1 aromatic heterocycles. The van der Waals surface area contributed by atoms with Gasteiger partial charge in [0.25, 0.3) is 11.6 Å². The first-order valence-corrected chi connectivity index (χ1v) is 9.34. The van der Waals surface area contributed by atoms with Crippen LogP contribution in [-0.2, 0) is 16.1 Å². The monoisotopic (exact) mass is 422 g/mol. The van der Waals surface area contributed by atoms with Gasteiger partial charge >= 0.3 is 5.97 Å². The molecule has 0 bridgehead atoms. The number of carbonyl (C=O) groups excluding carboxylic acids is 2. The van der Waals surface area contributed by atoms with Gasteiger partial charge in [0.05, 0.1) is 10.6 Å². The molecule has 0 fully saturated rings. The molecule has 0 atom stereocenters. The molecular weight excluding hydrogens is 400 g/mol. The van der Waals surface area contributed by atoms with Gasteiger partial charge in [-0.2, -0.15) is 5.10 Å². The van der Waals surface area contributed by atoms with Gasteiger partial charge in [0.15, 0.2) is 6.61 Å². The lowest BCUT2D eigenvalue weighted by Gasteiger charge is -2.09. The highest BCUT2D eigenvalue weighted by atomic mass is 35.5. The number of carbonyl (C=O) groups is 2. The van der Waals surface area contributed by atoms with Crippen molar-refractivity contribution < 1.29 is 19.2 Å². The lowest BCUT2D eigenvalue weighted by molar-refractivity contribution is -0.384. The van der Waals surface area contributed by atoms with Gasteiger partial charge in [0.2, 0.25) is 0 Å². The molecule has 156 valence electrons. The molecule has 0 aliphatic rings. The normalized spacial score (nSPS) is 10.9. The number of hydrogen-bond acceptors (Lipinski definition) is 6. The molecule has 1 aromatic carbocycles. The van der Waals surface area contributed by atoms with Crippen molar-refractivity contribution in [2.24, 2.45) is 5.92 Å². The quantitative estimate of drug-likeness (QED) is 0.412. The number of esters is 1. The topological polar surface area (TPSA) is 116 Å². The molecule has 0 radical (unpaired) electrons. The Labute approximate surface area is 173 Å². The Morgan fingerprint density at radius 2 is 1.90 bits per heavy atom. The first-order chi connectivity index (χ1) is 13.5. The highest BCUT2D eigenvalue weighted by Gasteiger charge is 2.23. The SMILES string of the molecule is Cc1cc(NC(=O)COC(=O)c2c(C)nn(CC(C)C)c2Cl)c([N+](=O)[O-])cc1C. The molecular formula is C19H23ClN4O5. The predicted octanol–water partition coefficient (Wildman–Crippen LogP) is 3.82.